The van der Waals surface area contributed by atoms with Crippen molar-refractivity contribution < 1.29 is 14.0 Å². The molecule has 1 aromatic carbocycles. The second-order valence-electron chi connectivity index (χ2n) is 6.90. The van der Waals surface area contributed by atoms with Crippen LogP contribution in [0, 0.1) is 0 Å². The van der Waals surface area contributed by atoms with Crippen LogP contribution in [-0.2, 0) is 4.79 Å². The fraction of sp³-hybridized carbons (Fsp3) is 0.300. The summed E-state index contributed by atoms with van der Waals surface area (Å²) in [4.78, 5) is 26.5. The molecule has 0 radical (unpaired) electrons. The van der Waals surface area contributed by atoms with Gasteiger partial charge in [-0.15, -0.1) is 10.2 Å². The van der Waals surface area contributed by atoms with Crippen LogP contribution in [0.2, 0.25) is 5.02 Å². The Bertz CT molecular complexity index is 1020. The predicted octanol–water partition coefficient (Wildman–Crippen LogP) is 3.03. The van der Waals surface area contributed by atoms with Crippen LogP contribution in [0.4, 0.5) is 0 Å². The number of halogens is 1. The van der Waals surface area contributed by atoms with Gasteiger partial charge in [-0.1, -0.05) is 29.4 Å². The van der Waals surface area contributed by atoms with Gasteiger partial charge < -0.3 is 14.6 Å². The van der Waals surface area contributed by atoms with Crippen LogP contribution in [-0.4, -0.2) is 56.4 Å². The minimum absolute atomic E-state index is 0.0376. The van der Waals surface area contributed by atoms with Crippen LogP contribution in [0.15, 0.2) is 58.8 Å². The van der Waals surface area contributed by atoms with E-state index in [-0.39, 0.29) is 23.6 Å². The van der Waals surface area contributed by atoms with E-state index in [9.17, 15) is 9.59 Å². The quantitative estimate of drug-likeness (QED) is 0.586. The Morgan fingerprint density at radius 3 is 2.83 bits per heavy atom. The largest absolute Gasteiger partial charge is 0.472 e. The summed E-state index contributed by atoms with van der Waals surface area (Å²) >= 11 is 7.37. The van der Waals surface area contributed by atoms with E-state index in [0.29, 0.717) is 28.8 Å². The second-order valence-corrected chi connectivity index (χ2v) is 8.28. The van der Waals surface area contributed by atoms with Crippen molar-refractivity contribution >= 4 is 35.2 Å². The summed E-state index contributed by atoms with van der Waals surface area (Å²) in [7, 11) is 0. The SMILES string of the molecule is O=C(CSc1nncn1-c1cccc(Cl)c1)NC1CCN(C(=O)c2ccoc2)CC1. The molecule has 0 unspecified atom stereocenters. The summed E-state index contributed by atoms with van der Waals surface area (Å²) in [6, 6.07) is 9.07. The van der Waals surface area contributed by atoms with Gasteiger partial charge in [0.15, 0.2) is 5.16 Å². The number of hydrogen-bond acceptors (Lipinski definition) is 6. The summed E-state index contributed by atoms with van der Waals surface area (Å²) in [5, 5.41) is 12.3. The molecule has 3 heterocycles. The molecule has 10 heteroatoms. The van der Waals surface area contributed by atoms with Gasteiger partial charge in [0.05, 0.1) is 23.3 Å². The number of thioether (sulfide) groups is 1. The molecule has 4 rings (SSSR count). The normalized spacial score (nSPS) is 14.6. The van der Waals surface area contributed by atoms with Crippen molar-refractivity contribution in [1.82, 2.24) is 25.0 Å². The number of likely N-dealkylation sites (tertiary alicyclic amines) is 1. The van der Waals surface area contributed by atoms with E-state index in [2.05, 4.69) is 15.5 Å². The van der Waals surface area contributed by atoms with Gasteiger partial charge in [0.25, 0.3) is 5.91 Å². The summed E-state index contributed by atoms with van der Waals surface area (Å²) in [5.41, 5.74) is 1.39. The number of benzene rings is 1. The zero-order valence-electron chi connectivity index (χ0n) is 16.0. The van der Waals surface area contributed by atoms with Crippen molar-refractivity contribution in [2.45, 2.75) is 24.0 Å². The first-order chi connectivity index (χ1) is 14.6. The third kappa shape index (κ3) is 4.85. The van der Waals surface area contributed by atoms with Crippen LogP contribution in [0.5, 0.6) is 0 Å². The van der Waals surface area contributed by atoms with Gasteiger partial charge in [0.1, 0.15) is 12.6 Å². The maximum Gasteiger partial charge on any atom is 0.257 e. The number of nitrogens with one attached hydrogen (secondary N) is 1. The van der Waals surface area contributed by atoms with E-state index in [0.717, 1.165) is 18.5 Å². The Balaban J connectivity index is 1.26. The highest BCUT2D eigenvalue weighted by Gasteiger charge is 2.25. The third-order valence-corrected chi connectivity index (χ3v) is 6.03. The maximum absolute atomic E-state index is 12.4. The van der Waals surface area contributed by atoms with Crippen LogP contribution in [0.3, 0.4) is 0 Å². The number of rotatable bonds is 6. The summed E-state index contributed by atoms with van der Waals surface area (Å²) in [6.07, 6.45) is 5.98. The average molecular weight is 446 g/mol. The van der Waals surface area contributed by atoms with Crippen molar-refractivity contribution in [2.75, 3.05) is 18.8 Å². The molecule has 3 aromatic rings. The molecule has 30 heavy (non-hydrogen) atoms. The summed E-state index contributed by atoms with van der Waals surface area (Å²) in [6.45, 7) is 1.20. The van der Waals surface area contributed by atoms with Gasteiger partial charge in [-0.3, -0.25) is 14.2 Å². The molecule has 0 saturated carbocycles. The average Bonchev–Trinajstić information content (AvgIpc) is 3.44. The fourth-order valence-electron chi connectivity index (χ4n) is 3.32. The van der Waals surface area contributed by atoms with Gasteiger partial charge in [-0.25, -0.2) is 0 Å². The molecule has 0 bridgehead atoms. The van der Waals surface area contributed by atoms with E-state index in [1.807, 2.05) is 18.2 Å². The Morgan fingerprint density at radius 2 is 2.10 bits per heavy atom. The summed E-state index contributed by atoms with van der Waals surface area (Å²) < 4.78 is 6.77. The van der Waals surface area contributed by atoms with Gasteiger partial charge in [0.2, 0.25) is 5.91 Å². The lowest BCUT2D eigenvalue weighted by molar-refractivity contribution is -0.119. The smallest absolute Gasteiger partial charge is 0.257 e. The fourth-order valence-corrected chi connectivity index (χ4v) is 4.25. The van der Waals surface area contributed by atoms with Crippen LogP contribution in [0.1, 0.15) is 23.2 Å². The minimum Gasteiger partial charge on any atom is -0.472 e. The van der Waals surface area contributed by atoms with E-state index >= 15 is 0 Å². The van der Waals surface area contributed by atoms with Crippen molar-refractivity contribution in [3.8, 4) is 5.69 Å². The first kappa shape index (κ1) is 20.5. The minimum atomic E-state index is -0.0692. The van der Waals surface area contributed by atoms with Crippen molar-refractivity contribution in [2.24, 2.45) is 0 Å². The Labute approximate surface area is 182 Å². The van der Waals surface area contributed by atoms with Crippen molar-refractivity contribution in [1.29, 1.82) is 0 Å². The van der Waals surface area contributed by atoms with Gasteiger partial charge in [0, 0.05) is 24.2 Å². The standard InChI is InChI=1S/C20H20ClN5O3S/c21-15-2-1-3-17(10-15)26-13-22-24-20(26)30-12-18(27)23-16-4-7-25(8-5-16)19(28)14-6-9-29-11-14/h1-3,6,9-11,13,16H,4-5,7-8,12H2,(H,23,27). The third-order valence-electron chi connectivity index (χ3n) is 4.85. The van der Waals surface area contributed by atoms with Gasteiger partial charge >= 0.3 is 0 Å². The molecule has 1 fully saturated rings. The van der Waals surface area contributed by atoms with E-state index in [1.54, 1.807) is 27.9 Å². The molecule has 1 aliphatic rings. The zero-order valence-corrected chi connectivity index (χ0v) is 17.6. The first-order valence-electron chi connectivity index (χ1n) is 9.50. The topological polar surface area (TPSA) is 93.3 Å². The lowest BCUT2D eigenvalue weighted by Crippen LogP contribution is -2.46. The van der Waals surface area contributed by atoms with Crippen molar-refractivity contribution in [3.63, 3.8) is 0 Å². The van der Waals surface area contributed by atoms with E-state index < -0.39 is 0 Å². The number of piperidine rings is 1. The van der Waals surface area contributed by atoms with E-state index in [4.69, 9.17) is 16.0 Å². The van der Waals surface area contributed by atoms with Gasteiger partial charge in [-0.05, 0) is 37.1 Å². The molecule has 156 valence electrons. The lowest BCUT2D eigenvalue weighted by atomic mass is 10.0. The van der Waals surface area contributed by atoms with Crippen LogP contribution < -0.4 is 5.32 Å². The van der Waals surface area contributed by atoms with E-state index in [1.165, 1.54) is 24.3 Å². The Hall–Kier alpha value is -2.78. The number of aromatic nitrogens is 3. The Morgan fingerprint density at radius 1 is 1.27 bits per heavy atom. The number of carbonyl (C=O) groups is 2. The molecule has 0 aliphatic carbocycles. The molecule has 0 spiro atoms. The monoisotopic (exact) mass is 445 g/mol. The molecule has 0 atom stereocenters. The molecule has 2 amide bonds. The van der Waals surface area contributed by atoms with Gasteiger partial charge in [-0.2, -0.15) is 0 Å². The molecule has 1 N–H and O–H groups in total. The number of hydrogen-bond donors (Lipinski definition) is 1. The Kier molecular flexibility index (Phi) is 6.39. The molecular weight excluding hydrogens is 426 g/mol. The molecule has 8 nitrogen and oxygen atoms in total. The molecule has 1 aliphatic heterocycles. The molecule has 1 saturated heterocycles. The highest BCUT2D eigenvalue weighted by molar-refractivity contribution is 7.99. The number of nitrogens with zero attached hydrogens (tertiary/aromatic N) is 4. The second kappa shape index (κ2) is 9.36. The van der Waals surface area contributed by atoms with Crippen molar-refractivity contribution in [3.05, 3.63) is 59.8 Å². The zero-order chi connectivity index (χ0) is 20.9. The highest BCUT2D eigenvalue weighted by atomic mass is 35.5. The predicted molar refractivity (Wildman–Crippen MR) is 113 cm³/mol. The van der Waals surface area contributed by atoms with Crippen LogP contribution >= 0.6 is 23.4 Å². The summed E-state index contributed by atoms with van der Waals surface area (Å²) in [5.74, 6) is 0.123. The number of carbonyl (C=O) groups excluding carboxylic acids is 2. The molecular formula is C20H20ClN5O3S. The van der Waals surface area contributed by atoms with Crippen LogP contribution in [0.25, 0.3) is 5.69 Å². The molecule has 2 aromatic heterocycles. The number of furan rings is 1. The first-order valence-corrected chi connectivity index (χ1v) is 10.9. The maximum atomic E-state index is 12.4. The lowest BCUT2D eigenvalue weighted by Gasteiger charge is -2.32. The number of amides is 2. The highest BCUT2D eigenvalue weighted by Crippen LogP contribution is 2.22.